The zero-order valence-electron chi connectivity index (χ0n) is 20.3. The molecule has 2 aromatic heterocycles. The van der Waals surface area contributed by atoms with Gasteiger partial charge in [0.25, 0.3) is 0 Å². The van der Waals surface area contributed by atoms with Crippen LogP contribution in [-0.2, 0) is 4.79 Å². The first kappa shape index (κ1) is 24.8. The minimum absolute atomic E-state index is 0.0448. The van der Waals surface area contributed by atoms with E-state index in [4.69, 9.17) is 4.42 Å². The molecule has 37 heavy (non-hydrogen) atoms. The lowest BCUT2D eigenvalue weighted by Gasteiger charge is -2.29. The van der Waals surface area contributed by atoms with Gasteiger partial charge in [0.2, 0.25) is 5.91 Å². The van der Waals surface area contributed by atoms with Crippen LogP contribution in [0, 0.1) is 17.2 Å². The fraction of sp³-hybridized carbons (Fsp3) is 0.370. The maximum absolute atomic E-state index is 14.3. The number of nitriles is 1. The number of aromatic nitrogens is 2. The van der Waals surface area contributed by atoms with Gasteiger partial charge in [-0.3, -0.25) is 15.2 Å². The Morgan fingerprint density at radius 2 is 1.95 bits per heavy atom. The highest BCUT2D eigenvalue weighted by molar-refractivity contribution is 6.06. The number of nitrogens with one attached hydrogen (secondary N) is 3. The summed E-state index contributed by atoms with van der Waals surface area (Å²) in [7, 11) is 0. The fourth-order valence-electron chi connectivity index (χ4n) is 4.58. The summed E-state index contributed by atoms with van der Waals surface area (Å²) in [6.07, 6.45) is -0.0480. The molecule has 1 aliphatic carbocycles. The Hall–Kier alpha value is -3.84. The quantitative estimate of drug-likeness (QED) is 0.280. The van der Waals surface area contributed by atoms with E-state index in [1.54, 1.807) is 24.5 Å². The lowest BCUT2D eigenvalue weighted by Crippen LogP contribution is -2.52. The smallest absolute Gasteiger partial charge is 0.407 e. The van der Waals surface area contributed by atoms with Crippen LogP contribution in [0.4, 0.5) is 13.2 Å². The Labute approximate surface area is 211 Å². The van der Waals surface area contributed by atoms with E-state index in [1.807, 2.05) is 26.0 Å². The molecule has 192 valence electrons. The van der Waals surface area contributed by atoms with E-state index in [1.165, 1.54) is 12.1 Å². The second kappa shape index (κ2) is 9.23. The van der Waals surface area contributed by atoms with Crippen LogP contribution in [0.15, 0.2) is 53.2 Å². The van der Waals surface area contributed by atoms with Crippen LogP contribution in [0.25, 0.3) is 33.1 Å². The number of amides is 1. The second-order valence-electron chi connectivity index (χ2n) is 10.1. The number of benzene rings is 2. The molecule has 4 aromatic rings. The number of hydrogen-bond acceptors (Lipinski definition) is 5. The topological polar surface area (TPSA) is 107 Å². The third-order valence-electron chi connectivity index (χ3n) is 6.71. The molecular weight excluding hydrogens is 483 g/mol. The summed E-state index contributed by atoms with van der Waals surface area (Å²) in [6, 6.07) is 8.79. The number of rotatable bonds is 8. The molecule has 2 heterocycles. The highest BCUT2D eigenvalue weighted by atomic mass is 19.4. The lowest BCUT2D eigenvalue weighted by molar-refractivity contribution is -0.161. The molecule has 0 spiro atoms. The van der Waals surface area contributed by atoms with E-state index in [2.05, 4.69) is 26.9 Å². The van der Waals surface area contributed by atoms with Gasteiger partial charge in [-0.25, -0.2) is 0 Å². The van der Waals surface area contributed by atoms with Gasteiger partial charge in [-0.15, -0.1) is 0 Å². The van der Waals surface area contributed by atoms with Gasteiger partial charge in [0.1, 0.15) is 22.7 Å². The third kappa shape index (κ3) is 5.04. The number of fused-ring (bicyclic) bond motifs is 3. The molecule has 2 atom stereocenters. The summed E-state index contributed by atoms with van der Waals surface area (Å²) in [6.45, 7) is 3.67. The van der Waals surface area contributed by atoms with Crippen molar-refractivity contribution in [2.75, 3.05) is 0 Å². The molecule has 5 rings (SSSR count). The first-order valence-electron chi connectivity index (χ1n) is 12.1. The average molecular weight is 510 g/mol. The third-order valence-corrected chi connectivity index (χ3v) is 6.71. The molecule has 2 aromatic carbocycles. The molecule has 0 bridgehead atoms. The minimum atomic E-state index is -4.67. The van der Waals surface area contributed by atoms with Crippen LogP contribution >= 0.6 is 0 Å². The molecule has 0 radical (unpaired) electrons. The van der Waals surface area contributed by atoms with Crippen molar-refractivity contribution in [3.63, 3.8) is 0 Å². The van der Waals surface area contributed by atoms with Gasteiger partial charge in [-0.1, -0.05) is 32.0 Å². The predicted molar refractivity (Wildman–Crippen MR) is 132 cm³/mol. The normalized spacial score (nSPS) is 16.6. The van der Waals surface area contributed by atoms with Gasteiger partial charge in [0.15, 0.2) is 0 Å². The maximum Gasteiger partial charge on any atom is 0.407 e. The zero-order valence-corrected chi connectivity index (χ0v) is 20.3. The van der Waals surface area contributed by atoms with Crippen LogP contribution in [-0.4, -0.2) is 33.9 Å². The molecule has 1 fully saturated rings. The molecule has 7 nitrogen and oxygen atoms in total. The standard InChI is InChI=1S/C27H26F3N5O2/c1-15(2)9-21(25(36)35-26(14-31)7-8-26)34-24(27(28,29)30)17-3-5-19-20-10-16(18-12-32-33-13-18)4-6-22(20)37-23(19)11-17/h3-6,10-13,15,21,24,34H,7-9H2,1-2H3,(H,32,33)(H,35,36). The Balaban J connectivity index is 1.48. The Morgan fingerprint density at radius 3 is 2.57 bits per heavy atom. The van der Waals surface area contributed by atoms with Crippen LogP contribution in [0.3, 0.4) is 0 Å². The van der Waals surface area contributed by atoms with E-state index >= 15 is 0 Å². The van der Waals surface area contributed by atoms with Crippen molar-refractivity contribution < 1.29 is 22.4 Å². The Kier molecular flexibility index (Phi) is 6.20. The first-order valence-corrected chi connectivity index (χ1v) is 12.1. The van der Waals surface area contributed by atoms with Gasteiger partial charge in [0.05, 0.1) is 18.3 Å². The summed E-state index contributed by atoms with van der Waals surface area (Å²) in [5.41, 5.74) is 1.63. The van der Waals surface area contributed by atoms with E-state index in [9.17, 15) is 23.2 Å². The van der Waals surface area contributed by atoms with Crippen molar-refractivity contribution in [1.82, 2.24) is 20.8 Å². The zero-order chi connectivity index (χ0) is 26.4. The molecule has 1 saturated carbocycles. The van der Waals surface area contributed by atoms with Crippen molar-refractivity contribution in [2.24, 2.45) is 5.92 Å². The number of carbonyl (C=O) groups is 1. The van der Waals surface area contributed by atoms with Crippen molar-refractivity contribution in [3.05, 3.63) is 54.4 Å². The van der Waals surface area contributed by atoms with Crippen LogP contribution in [0.1, 0.15) is 44.7 Å². The molecule has 1 aliphatic rings. The largest absolute Gasteiger partial charge is 0.456 e. The summed E-state index contributed by atoms with van der Waals surface area (Å²) in [5, 5.41) is 22.7. The number of furan rings is 1. The highest BCUT2D eigenvalue weighted by Crippen LogP contribution is 2.39. The summed E-state index contributed by atoms with van der Waals surface area (Å²) < 4.78 is 48.8. The van der Waals surface area contributed by atoms with Gasteiger partial charge in [0, 0.05) is 22.5 Å². The molecule has 1 amide bonds. The van der Waals surface area contributed by atoms with E-state index in [0.29, 0.717) is 29.4 Å². The molecule has 0 saturated heterocycles. The summed E-state index contributed by atoms with van der Waals surface area (Å²) >= 11 is 0. The molecule has 3 N–H and O–H groups in total. The van der Waals surface area contributed by atoms with Crippen molar-refractivity contribution in [1.29, 1.82) is 5.26 Å². The van der Waals surface area contributed by atoms with Crippen molar-refractivity contribution in [2.45, 2.75) is 56.9 Å². The van der Waals surface area contributed by atoms with E-state index < -0.39 is 29.7 Å². The average Bonchev–Trinajstić information content (AvgIpc) is 3.25. The number of hydrogen-bond donors (Lipinski definition) is 3. The van der Waals surface area contributed by atoms with E-state index in [0.717, 1.165) is 16.5 Å². The predicted octanol–water partition coefficient (Wildman–Crippen LogP) is 5.76. The number of nitrogens with zero attached hydrogens (tertiary/aromatic N) is 2. The molecule has 0 aliphatic heterocycles. The van der Waals surface area contributed by atoms with Gasteiger partial charge in [-0.05, 0) is 54.5 Å². The molecular formula is C27H26F3N5O2. The van der Waals surface area contributed by atoms with Crippen LogP contribution < -0.4 is 10.6 Å². The maximum atomic E-state index is 14.3. The van der Waals surface area contributed by atoms with Gasteiger partial charge in [-0.2, -0.15) is 23.5 Å². The number of carbonyl (C=O) groups excluding carboxylic acids is 1. The number of H-pyrrole nitrogens is 1. The number of alkyl halides is 3. The lowest BCUT2D eigenvalue weighted by atomic mass is 9.98. The van der Waals surface area contributed by atoms with Crippen molar-refractivity contribution >= 4 is 27.8 Å². The van der Waals surface area contributed by atoms with Crippen LogP contribution in [0.5, 0.6) is 0 Å². The van der Waals surface area contributed by atoms with Gasteiger partial charge < -0.3 is 9.73 Å². The number of aromatic amines is 1. The van der Waals surface area contributed by atoms with Crippen LogP contribution in [0.2, 0.25) is 0 Å². The summed E-state index contributed by atoms with van der Waals surface area (Å²) in [4.78, 5) is 12.9. The minimum Gasteiger partial charge on any atom is -0.456 e. The Morgan fingerprint density at radius 1 is 1.16 bits per heavy atom. The first-order chi connectivity index (χ1) is 17.6. The van der Waals surface area contributed by atoms with E-state index in [-0.39, 0.29) is 17.9 Å². The SMILES string of the molecule is CC(C)CC(NC(c1ccc2c(c1)oc1ccc(-c3cn[nH]c3)cc12)C(F)(F)F)C(=O)NC1(C#N)CC1. The van der Waals surface area contributed by atoms with Crippen molar-refractivity contribution in [3.8, 4) is 17.2 Å². The fourth-order valence-corrected chi connectivity index (χ4v) is 4.58. The van der Waals surface area contributed by atoms with Gasteiger partial charge >= 0.3 is 6.18 Å². The second-order valence-corrected chi connectivity index (χ2v) is 10.1. The highest BCUT2D eigenvalue weighted by Gasteiger charge is 2.47. The Bertz CT molecular complexity index is 1480. The number of halogens is 3. The molecule has 2 unspecified atom stereocenters. The monoisotopic (exact) mass is 509 g/mol. The molecule has 10 heteroatoms. The summed E-state index contributed by atoms with van der Waals surface area (Å²) in [5.74, 6) is -0.643.